The summed E-state index contributed by atoms with van der Waals surface area (Å²) >= 11 is 1.52. The zero-order valence-corrected chi connectivity index (χ0v) is 12.6. The van der Waals surface area contributed by atoms with E-state index in [1.54, 1.807) is 25.1 Å². The normalized spacial score (nSPS) is 19.2. The van der Waals surface area contributed by atoms with E-state index in [1.165, 1.54) is 17.8 Å². The molecule has 0 saturated heterocycles. The second-order valence-electron chi connectivity index (χ2n) is 5.67. The summed E-state index contributed by atoms with van der Waals surface area (Å²) in [5.41, 5.74) is -1.22. The smallest absolute Gasteiger partial charge is 0.230 e. The lowest BCUT2D eigenvalue weighted by molar-refractivity contribution is -0.124. The molecule has 5 heteroatoms. The quantitative estimate of drug-likeness (QED) is 0.845. The molecule has 1 amide bonds. The fourth-order valence-electron chi connectivity index (χ4n) is 2.39. The van der Waals surface area contributed by atoms with E-state index in [0.717, 1.165) is 0 Å². The van der Waals surface area contributed by atoms with Crippen LogP contribution in [0.2, 0.25) is 0 Å². The first-order chi connectivity index (χ1) is 9.41. The molecule has 2 rings (SSSR count). The lowest BCUT2D eigenvalue weighted by Crippen LogP contribution is -2.46. The number of nitrogens with one attached hydrogen (secondary N) is 1. The van der Waals surface area contributed by atoms with E-state index in [9.17, 15) is 14.3 Å². The van der Waals surface area contributed by atoms with Gasteiger partial charge in [0.15, 0.2) is 0 Å². The van der Waals surface area contributed by atoms with Crippen molar-refractivity contribution in [2.24, 2.45) is 0 Å². The lowest BCUT2D eigenvalue weighted by Gasteiger charge is -2.24. The minimum absolute atomic E-state index is 0.183. The van der Waals surface area contributed by atoms with Gasteiger partial charge in [-0.2, -0.15) is 11.8 Å². The van der Waals surface area contributed by atoms with Gasteiger partial charge in [0, 0.05) is 17.9 Å². The number of thioether (sulfide) groups is 1. The van der Waals surface area contributed by atoms with Crippen molar-refractivity contribution in [3.05, 3.63) is 35.6 Å². The third-order valence-electron chi connectivity index (χ3n) is 3.66. The van der Waals surface area contributed by atoms with Gasteiger partial charge in [-0.15, -0.1) is 0 Å². The maximum Gasteiger partial charge on any atom is 0.230 e. The molecule has 0 aliphatic heterocycles. The second kappa shape index (κ2) is 5.74. The molecule has 1 unspecified atom stereocenters. The van der Waals surface area contributed by atoms with Gasteiger partial charge in [-0.25, -0.2) is 4.39 Å². The summed E-state index contributed by atoms with van der Waals surface area (Å²) in [5, 5.41) is 12.8. The highest BCUT2D eigenvalue weighted by atomic mass is 32.2. The van der Waals surface area contributed by atoms with E-state index in [-0.39, 0.29) is 18.3 Å². The zero-order chi connectivity index (χ0) is 14.8. The average molecular weight is 297 g/mol. The number of hydrogen-bond acceptors (Lipinski definition) is 3. The third kappa shape index (κ3) is 3.15. The van der Waals surface area contributed by atoms with Crippen molar-refractivity contribution in [2.45, 2.75) is 30.8 Å². The van der Waals surface area contributed by atoms with Crippen LogP contribution in [0.5, 0.6) is 0 Å². The summed E-state index contributed by atoms with van der Waals surface area (Å²) in [6.07, 6.45) is 3.22. The Morgan fingerprint density at radius 2 is 2.15 bits per heavy atom. The number of carbonyl (C=O) groups excluding carboxylic acids is 1. The summed E-state index contributed by atoms with van der Waals surface area (Å²) in [6.45, 7) is 1.87. The van der Waals surface area contributed by atoms with Crippen molar-refractivity contribution in [1.29, 1.82) is 0 Å². The predicted octanol–water partition coefficient (Wildman–Crippen LogP) is 2.09. The van der Waals surface area contributed by atoms with Crippen LogP contribution in [-0.4, -0.2) is 35.2 Å². The standard InChI is InChI=1S/C15H20FNO2S/c1-14(19,10-20-2)9-17-13(18)15(7-8-15)11-5-3-4-6-12(11)16/h3-6,19H,7-10H2,1-2H3,(H,17,18). The van der Waals surface area contributed by atoms with Crippen molar-refractivity contribution in [3.8, 4) is 0 Å². The van der Waals surface area contributed by atoms with Crippen molar-refractivity contribution in [1.82, 2.24) is 5.32 Å². The maximum absolute atomic E-state index is 13.8. The third-order valence-corrected chi connectivity index (χ3v) is 4.57. The topological polar surface area (TPSA) is 49.3 Å². The van der Waals surface area contributed by atoms with Crippen LogP contribution in [-0.2, 0) is 10.2 Å². The number of hydrogen-bond donors (Lipinski definition) is 2. The Morgan fingerprint density at radius 3 is 2.70 bits per heavy atom. The Hall–Kier alpha value is -1.07. The number of halogens is 1. The van der Waals surface area contributed by atoms with Gasteiger partial charge >= 0.3 is 0 Å². The number of benzene rings is 1. The summed E-state index contributed by atoms with van der Waals surface area (Å²) < 4.78 is 13.8. The molecule has 20 heavy (non-hydrogen) atoms. The van der Waals surface area contributed by atoms with Gasteiger partial charge in [0.05, 0.1) is 11.0 Å². The molecular weight excluding hydrogens is 277 g/mol. The molecule has 0 aromatic heterocycles. The van der Waals surface area contributed by atoms with Gasteiger partial charge in [-0.3, -0.25) is 4.79 Å². The molecule has 0 heterocycles. The van der Waals surface area contributed by atoms with Gasteiger partial charge in [-0.05, 0) is 32.1 Å². The molecule has 0 spiro atoms. The highest BCUT2D eigenvalue weighted by Crippen LogP contribution is 2.49. The highest BCUT2D eigenvalue weighted by Gasteiger charge is 2.52. The van der Waals surface area contributed by atoms with Gasteiger partial charge in [0.2, 0.25) is 5.91 Å². The number of aliphatic hydroxyl groups is 1. The van der Waals surface area contributed by atoms with Gasteiger partial charge in [-0.1, -0.05) is 18.2 Å². The molecule has 1 aliphatic carbocycles. The van der Waals surface area contributed by atoms with Crippen LogP contribution in [0.25, 0.3) is 0 Å². The molecule has 1 atom stereocenters. The molecule has 110 valence electrons. The van der Waals surface area contributed by atoms with Crippen LogP contribution in [0.1, 0.15) is 25.3 Å². The SMILES string of the molecule is CSCC(C)(O)CNC(=O)C1(c2ccccc2F)CC1. The van der Waals surface area contributed by atoms with Crippen LogP contribution in [0.4, 0.5) is 4.39 Å². The molecule has 0 radical (unpaired) electrons. The Morgan fingerprint density at radius 1 is 1.50 bits per heavy atom. The molecule has 1 aliphatic rings. The first kappa shape index (κ1) is 15.3. The monoisotopic (exact) mass is 297 g/mol. The summed E-state index contributed by atoms with van der Waals surface area (Å²) in [5.74, 6) is 0.0139. The Bertz CT molecular complexity index is 500. The van der Waals surface area contributed by atoms with Gasteiger partial charge in [0.25, 0.3) is 0 Å². The molecule has 1 fully saturated rings. The highest BCUT2D eigenvalue weighted by molar-refractivity contribution is 7.98. The van der Waals surface area contributed by atoms with E-state index in [2.05, 4.69) is 5.32 Å². The van der Waals surface area contributed by atoms with Crippen molar-refractivity contribution in [2.75, 3.05) is 18.6 Å². The van der Waals surface area contributed by atoms with E-state index in [0.29, 0.717) is 24.2 Å². The lowest BCUT2D eigenvalue weighted by atomic mass is 9.94. The van der Waals surface area contributed by atoms with Crippen LogP contribution in [0, 0.1) is 5.82 Å². The predicted molar refractivity (Wildman–Crippen MR) is 79.3 cm³/mol. The fraction of sp³-hybridized carbons (Fsp3) is 0.533. The first-order valence-corrected chi connectivity index (χ1v) is 8.05. The first-order valence-electron chi connectivity index (χ1n) is 6.66. The van der Waals surface area contributed by atoms with E-state index in [4.69, 9.17) is 0 Å². The number of rotatable bonds is 6. The van der Waals surface area contributed by atoms with E-state index >= 15 is 0 Å². The molecule has 0 bridgehead atoms. The second-order valence-corrected chi connectivity index (χ2v) is 6.54. The molecule has 1 aromatic carbocycles. The molecule has 1 aromatic rings. The zero-order valence-electron chi connectivity index (χ0n) is 11.8. The molecule has 3 nitrogen and oxygen atoms in total. The van der Waals surface area contributed by atoms with Crippen molar-refractivity contribution < 1.29 is 14.3 Å². The fourth-order valence-corrected chi connectivity index (χ4v) is 3.12. The van der Waals surface area contributed by atoms with Crippen molar-refractivity contribution >= 4 is 17.7 Å². The Kier molecular flexibility index (Phi) is 4.39. The largest absolute Gasteiger partial charge is 0.387 e. The minimum atomic E-state index is -0.944. The Balaban J connectivity index is 2.05. The number of amides is 1. The van der Waals surface area contributed by atoms with E-state index in [1.807, 2.05) is 6.26 Å². The van der Waals surface area contributed by atoms with E-state index < -0.39 is 11.0 Å². The molecule has 1 saturated carbocycles. The van der Waals surface area contributed by atoms with Crippen LogP contribution in [0.15, 0.2) is 24.3 Å². The summed E-state index contributed by atoms with van der Waals surface area (Å²) in [6, 6.07) is 6.42. The van der Waals surface area contributed by atoms with Gasteiger partial charge < -0.3 is 10.4 Å². The summed E-state index contributed by atoms with van der Waals surface area (Å²) in [4.78, 5) is 12.3. The van der Waals surface area contributed by atoms with Crippen LogP contribution < -0.4 is 5.32 Å². The maximum atomic E-state index is 13.8. The Labute approximate surface area is 123 Å². The summed E-state index contributed by atoms with van der Waals surface area (Å²) in [7, 11) is 0. The van der Waals surface area contributed by atoms with Crippen LogP contribution >= 0.6 is 11.8 Å². The number of carbonyl (C=O) groups is 1. The minimum Gasteiger partial charge on any atom is -0.387 e. The van der Waals surface area contributed by atoms with Gasteiger partial charge in [0.1, 0.15) is 5.82 Å². The van der Waals surface area contributed by atoms with Crippen molar-refractivity contribution in [3.63, 3.8) is 0 Å². The van der Waals surface area contributed by atoms with Crippen LogP contribution in [0.3, 0.4) is 0 Å². The average Bonchev–Trinajstić information content (AvgIpc) is 3.18. The molecular formula is C15H20FNO2S. The molecule has 2 N–H and O–H groups in total.